The largest absolute Gasteiger partial charge is 0.309 e. The smallest absolute Gasteiger partial charge is 0.167 e. The molecule has 1 nitrogen and oxygen atoms in total. The van der Waals surface area contributed by atoms with Crippen LogP contribution in [0, 0.1) is 5.92 Å². The highest BCUT2D eigenvalue weighted by atomic mass is 31.2. The molecule has 0 spiro atoms. The van der Waals surface area contributed by atoms with Gasteiger partial charge in [0.05, 0.1) is 0 Å². The standard InChI is InChI=1S/C18H17OP/c1-15-9-8-14-18(15)20(19,16-10-4-2-5-11-16)17-12-6-3-7-13-17/h2-15H,1H3. The summed E-state index contributed by atoms with van der Waals surface area (Å²) in [6.45, 7) is 2.11. The monoisotopic (exact) mass is 280 g/mol. The van der Waals surface area contributed by atoms with E-state index in [1.807, 2.05) is 72.8 Å². The molecule has 0 aliphatic heterocycles. The maximum absolute atomic E-state index is 13.9. The number of hydrogen-bond donors (Lipinski definition) is 0. The number of rotatable bonds is 3. The van der Waals surface area contributed by atoms with Gasteiger partial charge in [0.1, 0.15) is 0 Å². The fourth-order valence-electron chi connectivity index (χ4n) is 2.69. The van der Waals surface area contributed by atoms with Crippen LogP contribution >= 0.6 is 7.14 Å². The van der Waals surface area contributed by atoms with E-state index in [1.165, 1.54) is 0 Å². The first kappa shape index (κ1) is 13.1. The van der Waals surface area contributed by atoms with E-state index >= 15 is 0 Å². The van der Waals surface area contributed by atoms with Crippen molar-refractivity contribution in [1.82, 2.24) is 0 Å². The molecule has 1 aliphatic carbocycles. The third-order valence-corrected chi connectivity index (χ3v) is 7.07. The molecule has 0 heterocycles. The van der Waals surface area contributed by atoms with E-state index < -0.39 is 7.14 Å². The van der Waals surface area contributed by atoms with E-state index in [0.29, 0.717) is 0 Å². The highest BCUT2D eigenvalue weighted by molar-refractivity contribution is 7.82. The molecule has 0 N–H and O–H groups in total. The van der Waals surface area contributed by atoms with E-state index in [0.717, 1.165) is 15.9 Å². The van der Waals surface area contributed by atoms with Crippen molar-refractivity contribution in [3.8, 4) is 0 Å². The minimum atomic E-state index is -2.73. The summed E-state index contributed by atoms with van der Waals surface area (Å²) in [6.07, 6.45) is 6.14. The van der Waals surface area contributed by atoms with Crippen molar-refractivity contribution in [2.75, 3.05) is 0 Å². The zero-order valence-electron chi connectivity index (χ0n) is 11.4. The van der Waals surface area contributed by atoms with Crippen LogP contribution in [0.25, 0.3) is 0 Å². The van der Waals surface area contributed by atoms with Gasteiger partial charge in [-0.25, -0.2) is 0 Å². The number of benzene rings is 2. The highest BCUT2D eigenvalue weighted by Crippen LogP contribution is 2.56. The molecule has 100 valence electrons. The Morgan fingerprint density at radius 2 is 1.35 bits per heavy atom. The summed E-state index contributed by atoms with van der Waals surface area (Å²) in [6, 6.07) is 19.6. The fraction of sp³-hybridized carbons (Fsp3) is 0.111. The normalized spacial score (nSPS) is 18.1. The molecule has 0 bridgehead atoms. The molecule has 0 fully saturated rings. The van der Waals surface area contributed by atoms with Gasteiger partial charge in [0.2, 0.25) is 0 Å². The van der Waals surface area contributed by atoms with Crippen molar-refractivity contribution < 1.29 is 4.57 Å². The van der Waals surface area contributed by atoms with Crippen LogP contribution in [-0.2, 0) is 4.57 Å². The van der Waals surface area contributed by atoms with Gasteiger partial charge in [-0.2, -0.15) is 0 Å². The lowest BCUT2D eigenvalue weighted by Gasteiger charge is -2.23. The van der Waals surface area contributed by atoms with Crippen LogP contribution in [0.1, 0.15) is 6.92 Å². The average Bonchev–Trinajstić information content (AvgIpc) is 2.95. The first-order valence-corrected chi connectivity index (χ1v) is 8.54. The molecule has 1 unspecified atom stereocenters. The van der Waals surface area contributed by atoms with Gasteiger partial charge < -0.3 is 4.57 Å². The predicted octanol–water partition coefficient (Wildman–Crippen LogP) is 4.09. The first-order chi connectivity index (χ1) is 9.73. The van der Waals surface area contributed by atoms with E-state index in [-0.39, 0.29) is 5.92 Å². The average molecular weight is 280 g/mol. The van der Waals surface area contributed by atoms with E-state index in [1.54, 1.807) is 0 Å². The summed E-state index contributed by atoms with van der Waals surface area (Å²) in [7, 11) is -2.73. The number of hydrogen-bond acceptors (Lipinski definition) is 1. The van der Waals surface area contributed by atoms with Crippen LogP contribution in [0.4, 0.5) is 0 Å². The van der Waals surface area contributed by atoms with Crippen molar-refractivity contribution in [3.63, 3.8) is 0 Å². The maximum Gasteiger partial charge on any atom is 0.167 e. The van der Waals surface area contributed by atoms with Crippen LogP contribution in [0.5, 0.6) is 0 Å². The van der Waals surface area contributed by atoms with Gasteiger partial charge in [-0.15, -0.1) is 0 Å². The fourth-order valence-corrected chi connectivity index (χ4v) is 5.72. The Morgan fingerprint density at radius 3 is 1.75 bits per heavy atom. The zero-order chi connectivity index (χ0) is 14.0. The Hall–Kier alpha value is -1.85. The molecule has 2 heteroatoms. The molecule has 0 saturated heterocycles. The van der Waals surface area contributed by atoms with Crippen molar-refractivity contribution in [2.24, 2.45) is 5.92 Å². The van der Waals surface area contributed by atoms with Crippen LogP contribution in [-0.4, -0.2) is 0 Å². The van der Waals surface area contributed by atoms with E-state index in [4.69, 9.17) is 0 Å². The minimum absolute atomic E-state index is 0.223. The molecule has 2 aromatic carbocycles. The summed E-state index contributed by atoms with van der Waals surface area (Å²) < 4.78 is 13.9. The van der Waals surface area contributed by atoms with Gasteiger partial charge in [0.15, 0.2) is 7.14 Å². The molecular weight excluding hydrogens is 263 g/mol. The van der Waals surface area contributed by atoms with Gasteiger partial charge in [-0.05, 0) is 0 Å². The Bertz CT molecular complexity index is 655. The Morgan fingerprint density at radius 1 is 0.850 bits per heavy atom. The highest BCUT2D eigenvalue weighted by Gasteiger charge is 2.34. The Labute approximate surface area is 120 Å². The van der Waals surface area contributed by atoms with Gasteiger partial charge in [0.25, 0.3) is 0 Å². The molecular formula is C18H17OP. The van der Waals surface area contributed by atoms with Crippen molar-refractivity contribution in [3.05, 3.63) is 84.2 Å². The third kappa shape index (κ3) is 2.09. The Balaban J connectivity index is 2.22. The molecule has 0 amide bonds. The first-order valence-electron chi connectivity index (χ1n) is 6.83. The molecule has 1 atom stereocenters. The second-order valence-electron chi connectivity index (χ2n) is 5.05. The van der Waals surface area contributed by atoms with E-state index in [2.05, 4.69) is 13.0 Å². The van der Waals surface area contributed by atoms with Gasteiger partial charge in [0, 0.05) is 21.8 Å². The molecule has 0 radical (unpaired) electrons. The van der Waals surface area contributed by atoms with Crippen LogP contribution in [0.2, 0.25) is 0 Å². The molecule has 1 aliphatic rings. The molecule has 0 saturated carbocycles. The van der Waals surface area contributed by atoms with Gasteiger partial charge in [-0.1, -0.05) is 85.8 Å². The summed E-state index contributed by atoms with van der Waals surface area (Å²) in [5.41, 5.74) is 0. The lowest BCUT2D eigenvalue weighted by Crippen LogP contribution is -2.18. The predicted molar refractivity (Wildman–Crippen MR) is 86.1 cm³/mol. The van der Waals surface area contributed by atoms with Crippen molar-refractivity contribution in [2.45, 2.75) is 6.92 Å². The molecule has 20 heavy (non-hydrogen) atoms. The summed E-state index contributed by atoms with van der Waals surface area (Å²) in [5, 5.41) is 2.84. The SMILES string of the molecule is CC1C=CC=C1P(=O)(c1ccccc1)c1ccccc1. The lowest BCUT2D eigenvalue weighted by molar-refractivity contribution is 0.588. The quantitative estimate of drug-likeness (QED) is 0.774. The second kappa shape index (κ2) is 5.26. The molecule has 0 aromatic heterocycles. The second-order valence-corrected chi connectivity index (χ2v) is 7.81. The molecule has 3 rings (SSSR count). The maximum atomic E-state index is 13.9. The van der Waals surface area contributed by atoms with Crippen molar-refractivity contribution in [1.29, 1.82) is 0 Å². The zero-order valence-corrected chi connectivity index (χ0v) is 12.3. The van der Waals surface area contributed by atoms with Crippen LogP contribution in [0.15, 0.2) is 84.2 Å². The molecule has 2 aromatic rings. The van der Waals surface area contributed by atoms with Gasteiger partial charge >= 0.3 is 0 Å². The van der Waals surface area contributed by atoms with E-state index in [9.17, 15) is 4.57 Å². The summed E-state index contributed by atoms with van der Waals surface area (Å²) in [5.74, 6) is 0.223. The topological polar surface area (TPSA) is 17.1 Å². The van der Waals surface area contributed by atoms with Crippen LogP contribution in [0.3, 0.4) is 0 Å². The lowest BCUT2D eigenvalue weighted by atomic mass is 10.2. The van der Waals surface area contributed by atoms with Gasteiger partial charge in [-0.3, -0.25) is 0 Å². The summed E-state index contributed by atoms with van der Waals surface area (Å²) in [4.78, 5) is 0. The van der Waals surface area contributed by atoms with Crippen molar-refractivity contribution >= 4 is 17.8 Å². The van der Waals surface area contributed by atoms with Crippen LogP contribution < -0.4 is 10.6 Å². The third-order valence-electron chi connectivity index (χ3n) is 3.74. The Kier molecular flexibility index (Phi) is 3.46. The number of allylic oxidation sites excluding steroid dienone is 4. The summed E-state index contributed by atoms with van der Waals surface area (Å²) >= 11 is 0. The minimum Gasteiger partial charge on any atom is -0.309 e.